The van der Waals surface area contributed by atoms with Crippen LogP contribution < -0.4 is 0 Å². The van der Waals surface area contributed by atoms with Crippen LogP contribution in [0.3, 0.4) is 0 Å². The average molecular weight is 321 g/mol. The first-order valence-corrected chi connectivity index (χ1v) is 8.01. The highest BCUT2D eigenvalue weighted by molar-refractivity contribution is 7.13. The second-order valence-corrected chi connectivity index (χ2v) is 5.98. The SMILES string of the molecule is O=C1CCC(=O)N1Cc1cccc(-c2nc(CCl)cs2)c1. The largest absolute Gasteiger partial charge is 0.278 e. The van der Waals surface area contributed by atoms with E-state index in [0.29, 0.717) is 25.3 Å². The highest BCUT2D eigenvalue weighted by Gasteiger charge is 2.28. The Bertz CT molecular complexity index is 682. The first kappa shape index (κ1) is 14.2. The van der Waals surface area contributed by atoms with Crippen LogP contribution in [-0.4, -0.2) is 21.7 Å². The molecule has 1 saturated heterocycles. The summed E-state index contributed by atoms with van der Waals surface area (Å²) in [6.07, 6.45) is 0.647. The number of carbonyl (C=O) groups is 2. The van der Waals surface area contributed by atoms with Crippen LogP contribution in [0.1, 0.15) is 24.1 Å². The number of nitrogens with zero attached hydrogens (tertiary/aromatic N) is 2. The summed E-state index contributed by atoms with van der Waals surface area (Å²) in [5, 5.41) is 2.83. The number of likely N-dealkylation sites (tertiary alicyclic amines) is 1. The monoisotopic (exact) mass is 320 g/mol. The van der Waals surface area contributed by atoms with Gasteiger partial charge in [0.2, 0.25) is 11.8 Å². The Hall–Kier alpha value is -1.72. The van der Waals surface area contributed by atoms with Gasteiger partial charge in [-0.2, -0.15) is 0 Å². The number of hydrogen-bond donors (Lipinski definition) is 0. The van der Waals surface area contributed by atoms with Crippen molar-refractivity contribution in [2.45, 2.75) is 25.3 Å². The van der Waals surface area contributed by atoms with E-state index in [1.54, 1.807) is 0 Å². The van der Waals surface area contributed by atoms with Crippen molar-refractivity contribution in [3.63, 3.8) is 0 Å². The van der Waals surface area contributed by atoms with Crippen molar-refractivity contribution in [1.82, 2.24) is 9.88 Å². The number of imide groups is 1. The summed E-state index contributed by atoms with van der Waals surface area (Å²) in [5.74, 6) is 0.209. The average Bonchev–Trinajstić information content (AvgIpc) is 3.10. The van der Waals surface area contributed by atoms with Crippen molar-refractivity contribution in [2.24, 2.45) is 0 Å². The van der Waals surface area contributed by atoms with Gasteiger partial charge in [0.05, 0.1) is 18.1 Å². The van der Waals surface area contributed by atoms with E-state index >= 15 is 0 Å². The summed E-state index contributed by atoms with van der Waals surface area (Å²) in [5.41, 5.74) is 2.76. The summed E-state index contributed by atoms with van der Waals surface area (Å²) in [6, 6.07) is 7.76. The van der Waals surface area contributed by atoms with E-state index in [1.807, 2.05) is 29.6 Å². The van der Waals surface area contributed by atoms with E-state index in [1.165, 1.54) is 16.2 Å². The molecule has 0 bridgehead atoms. The predicted octanol–water partition coefficient (Wildman–Crippen LogP) is 3.20. The third-order valence-corrected chi connectivity index (χ3v) is 4.57. The highest BCUT2D eigenvalue weighted by atomic mass is 35.5. The summed E-state index contributed by atoms with van der Waals surface area (Å²) in [7, 11) is 0. The zero-order valence-electron chi connectivity index (χ0n) is 11.2. The lowest BCUT2D eigenvalue weighted by molar-refractivity contribution is -0.139. The van der Waals surface area contributed by atoms with Gasteiger partial charge in [-0.05, 0) is 11.6 Å². The fourth-order valence-corrected chi connectivity index (χ4v) is 3.33. The Balaban J connectivity index is 1.83. The number of amides is 2. The molecular formula is C15H13ClN2O2S. The molecule has 1 aliphatic heterocycles. The van der Waals surface area contributed by atoms with Gasteiger partial charge < -0.3 is 0 Å². The Morgan fingerprint density at radius 2 is 2.00 bits per heavy atom. The normalized spacial score (nSPS) is 15.0. The van der Waals surface area contributed by atoms with Crippen LogP contribution in [0.15, 0.2) is 29.6 Å². The van der Waals surface area contributed by atoms with Crippen LogP contribution in [0.5, 0.6) is 0 Å². The molecule has 0 aliphatic carbocycles. The van der Waals surface area contributed by atoms with Crippen molar-refractivity contribution in [2.75, 3.05) is 0 Å². The number of aromatic nitrogens is 1. The maximum absolute atomic E-state index is 11.7. The van der Waals surface area contributed by atoms with Gasteiger partial charge in [0.25, 0.3) is 0 Å². The standard InChI is InChI=1S/C15H13ClN2O2S/c16-7-12-9-21-15(17-12)11-3-1-2-10(6-11)8-18-13(19)4-5-14(18)20/h1-3,6,9H,4-5,7-8H2. The van der Waals surface area contributed by atoms with Gasteiger partial charge >= 0.3 is 0 Å². The summed E-state index contributed by atoms with van der Waals surface area (Å²) < 4.78 is 0. The first-order chi connectivity index (χ1) is 10.2. The maximum atomic E-state index is 11.7. The summed E-state index contributed by atoms with van der Waals surface area (Å²) in [6.45, 7) is 0.333. The van der Waals surface area contributed by atoms with Gasteiger partial charge in [0, 0.05) is 23.8 Å². The number of alkyl halides is 1. The topological polar surface area (TPSA) is 50.3 Å². The smallest absolute Gasteiger partial charge is 0.229 e. The van der Waals surface area contributed by atoms with Crippen LogP contribution >= 0.6 is 22.9 Å². The van der Waals surface area contributed by atoms with Crippen LogP contribution in [-0.2, 0) is 22.0 Å². The maximum Gasteiger partial charge on any atom is 0.229 e. The number of benzene rings is 1. The van der Waals surface area contributed by atoms with Crippen molar-refractivity contribution in [3.05, 3.63) is 40.9 Å². The lowest BCUT2D eigenvalue weighted by atomic mass is 10.1. The lowest BCUT2D eigenvalue weighted by Gasteiger charge is -2.14. The van der Waals surface area contributed by atoms with Crippen LogP contribution in [0.2, 0.25) is 0 Å². The van der Waals surface area contributed by atoms with Crippen molar-refractivity contribution < 1.29 is 9.59 Å². The minimum atomic E-state index is -0.0934. The van der Waals surface area contributed by atoms with E-state index in [0.717, 1.165) is 21.8 Å². The number of hydrogen-bond acceptors (Lipinski definition) is 4. The van der Waals surface area contributed by atoms with Crippen molar-refractivity contribution >= 4 is 34.8 Å². The van der Waals surface area contributed by atoms with Crippen molar-refractivity contribution in [3.8, 4) is 10.6 Å². The molecule has 108 valence electrons. The van der Waals surface area contributed by atoms with E-state index in [2.05, 4.69) is 4.98 Å². The van der Waals surface area contributed by atoms with Gasteiger partial charge in [-0.3, -0.25) is 14.5 Å². The molecule has 2 aromatic rings. The van der Waals surface area contributed by atoms with E-state index in [-0.39, 0.29) is 11.8 Å². The Labute approximate surface area is 131 Å². The molecule has 6 heteroatoms. The Kier molecular flexibility index (Phi) is 4.03. The van der Waals surface area contributed by atoms with Gasteiger partial charge in [-0.1, -0.05) is 18.2 Å². The molecular weight excluding hydrogens is 308 g/mol. The fraction of sp³-hybridized carbons (Fsp3) is 0.267. The van der Waals surface area contributed by atoms with Gasteiger partial charge in [-0.25, -0.2) is 4.98 Å². The first-order valence-electron chi connectivity index (χ1n) is 6.60. The Morgan fingerprint density at radius 3 is 2.67 bits per heavy atom. The molecule has 21 heavy (non-hydrogen) atoms. The molecule has 0 unspecified atom stereocenters. The molecule has 1 aromatic heterocycles. The van der Waals surface area contributed by atoms with E-state index < -0.39 is 0 Å². The molecule has 1 aliphatic rings. The highest BCUT2D eigenvalue weighted by Crippen LogP contribution is 2.26. The van der Waals surface area contributed by atoms with E-state index in [4.69, 9.17) is 11.6 Å². The van der Waals surface area contributed by atoms with Gasteiger partial charge in [-0.15, -0.1) is 22.9 Å². The minimum Gasteiger partial charge on any atom is -0.278 e. The van der Waals surface area contributed by atoms with Crippen LogP contribution in [0, 0.1) is 0 Å². The number of carbonyl (C=O) groups excluding carboxylic acids is 2. The molecule has 1 aromatic carbocycles. The zero-order valence-corrected chi connectivity index (χ0v) is 12.8. The van der Waals surface area contributed by atoms with Gasteiger partial charge in [0.15, 0.2) is 0 Å². The molecule has 3 rings (SSSR count). The lowest BCUT2D eigenvalue weighted by Crippen LogP contribution is -2.28. The number of rotatable bonds is 4. The Morgan fingerprint density at radius 1 is 1.24 bits per heavy atom. The van der Waals surface area contributed by atoms with Crippen LogP contribution in [0.4, 0.5) is 0 Å². The molecule has 0 spiro atoms. The molecule has 0 atom stereocenters. The molecule has 0 radical (unpaired) electrons. The third kappa shape index (κ3) is 2.99. The van der Waals surface area contributed by atoms with Gasteiger partial charge in [0.1, 0.15) is 5.01 Å². The minimum absolute atomic E-state index is 0.0934. The van der Waals surface area contributed by atoms with Crippen molar-refractivity contribution in [1.29, 1.82) is 0 Å². The second kappa shape index (κ2) is 5.95. The number of thiazole rings is 1. The zero-order chi connectivity index (χ0) is 14.8. The molecule has 0 saturated carbocycles. The second-order valence-electron chi connectivity index (χ2n) is 4.85. The molecule has 2 heterocycles. The molecule has 4 nitrogen and oxygen atoms in total. The number of halogens is 1. The van der Waals surface area contributed by atoms with Crippen LogP contribution in [0.25, 0.3) is 10.6 Å². The van der Waals surface area contributed by atoms with E-state index in [9.17, 15) is 9.59 Å². The summed E-state index contributed by atoms with van der Waals surface area (Å²) >= 11 is 7.30. The quantitative estimate of drug-likeness (QED) is 0.642. The molecule has 0 N–H and O–H groups in total. The third-order valence-electron chi connectivity index (χ3n) is 3.36. The summed E-state index contributed by atoms with van der Waals surface area (Å²) in [4.78, 5) is 29.1. The fourth-order valence-electron chi connectivity index (χ4n) is 2.29. The predicted molar refractivity (Wildman–Crippen MR) is 81.9 cm³/mol. The molecule has 2 amide bonds. The molecule has 1 fully saturated rings.